The molecule has 8 heteroatoms. The van der Waals surface area contributed by atoms with Crippen molar-refractivity contribution in [1.29, 1.82) is 0 Å². The lowest BCUT2D eigenvalue weighted by atomic mass is 9.72. The van der Waals surface area contributed by atoms with Crippen molar-refractivity contribution in [1.82, 2.24) is 19.8 Å². The molecule has 2 aromatic rings. The monoisotopic (exact) mass is 437 g/mol. The molecule has 1 aromatic carbocycles. The molecule has 2 N–H and O–H groups in total. The number of anilines is 1. The summed E-state index contributed by atoms with van der Waals surface area (Å²) < 4.78 is 2.15. The summed E-state index contributed by atoms with van der Waals surface area (Å²) in [6, 6.07) is 7.43. The summed E-state index contributed by atoms with van der Waals surface area (Å²) in [5.74, 6) is 0.519. The minimum Gasteiger partial charge on any atom is -0.333 e. The summed E-state index contributed by atoms with van der Waals surface area (Å²) in [4.78, 5) is 43.9. The largest absolute Gasteiger partial charge is 0.333 e. The fraction of sp³-hybridized carbons (Fsp3) is 0.500. The average Bonchev–Trinajstić information content (AvgIpc) is 3.22. The smallest absolute Gasteiger partial charge is 0.237 e. The van der Waals surface area contributed by atoms with Crippen LogP contribution in [0.1, 0.15) is 51.4 Å². The van der Waals surface area contributed by atoms with Gasteiger partial charge in [0.25, 0.3) is 0 Å². The number of hydrogen-bond donors (Lipinski definition) is 2. The molecule has 1 aromatic heterocycles. The molecule has 170 valence electrons. The van der Waals surface area contributed by atoms with Crippen LogP contribution in [0.4, 0.5) is 5.69 Å². The third-order valence-electron chi connectivity index (χ3n) is 6.82. The van der Waals surface area contributed by atoms with Crippen LogP contribution in [-0.2, 0) is 32.9 Å². The molecule has 2 aliphatic rings. The fourth-order valence-corrected chi connectivity index (χ4v) is 4.73. The van der Waals surface area contributed by atoms with E-state index in [1.165, 1.54) is 0 Å². The zero-order chi connectivity index (χ0) is 22.9. The molecule has 3 heterocycles. The summed E-state index contributed by atoms with van der Waals surface area (Å²) in [5, 5.41) is 5.50. The van der Waals surface area contributed by atoms with Crippen molar-refractivity contribution in [2.45, 2.75) is 58.5 Å². The van der Waals surface area contributed by atoms with Crippen LogP contribution in [0, 0.1) is 5.41 Å². The molecule has 4 rings (SSSR count). The van der Waals surface area contributed by atoms with E-state index < -0.39 is 10.8 Å². The van der Waals surface area contributed by atoms with E-state index in [0.717, 1.165) is 31.0 Å². The maximum atomic E-state index is 13.0. The first-order valence-electron chi connectivity index (χ1n) is 11.2. The van der Waals surface area contributed by atoms with E-state index in [-0.39, 0.29) is 17.7 Å². The average molecular weight is 438 g/mol. The van der Waals surface area contributed by atoms with Gasteiger partial charge in [-0.1, -0.05) is 19.1 Å². The number of nitrogens with one attached hydrogen (secondary N) is 2. The number of carbonyl (C=O) groups is 3. The van der Waals surface area contributed by atoms with Gasteiger partial charge in [-0.25, -0.2) is 4.98 Å². The highest BCUT2D eigenvalue weighted by molar-refractivity contribution is 6.03. The number of carbonyl (C=O) groups excluding carboxylic acids is 3. The van der Waals surface area contributed by atoms with Gasteiger partial charge in [0.05, 0.1) is 17.4 Å². The molecule has 32 heavy (non-hydrogen) atoms. The van der Waals surface area contributed by atoms with Crippen molar-refractivity contribution in [3.63, 3.8) is 0 Å². The molecule has 8 nitrogen and oxygen atoms in total. The van der Waals surface area contributed by atoms with Gasteiger partial charge in [0.1, 0.15) is 5.82 Å². The van der Waals surface area contributed by atoms with Crippen LogP contribution in [0.2, 0.25) is 0 Å². The fourth-order valence-electron chi connectivity index (χ4n) is 4.73. The third kappa shape index (κ3) is 4.19. The number of imide groups is 1. The first kappa shape index (κ1) is 22.2. The number of hydrogen-bond acceptors (Lipinski definition) is 5. The second-order valence-corrected chi connectivity index (χ2v) is 9.48. The number of benzene rings is 1. The molecule has 2 aliphatic heterocycles. The minimum atomic E-state index is -0.699. The molecule has 0 radical (unpaired) electrons. The summed E-state index contributed by atoms with van der Waals surface area (Å²) in [5.41, 5.74) is 0.280. The van der Waals surface area contributed by atoms with E-state index in [0.29, 0.717) is 31.5 Å². The normalized spacial score (nSPS) is 21.7. The van der Waals surface area contributed by atoms with Gasteiger partial charge in [-0.15, -0.1) is 0 Å². The Balaban J connectivity index is 1.41. The van der Waals surface area contributed by atoms with E-state index in [9.17, 15) is 14.4 Å². The van der Waals surface area contributed by atoms with E-state index in [1.54, 1.807) is 0 Å². The Bertz CT molecular complexity index is 1030. The van der Waals surface area contributed by atoms with Crippen LogP contribution in [0.15, 0.2) is 36.7 Å². The highest BCUT2D eigenvalue weighted by Gasteiger charge is 2.42. The summed E-state index contributed by atoms with van der Waals surface area (Å²) in [7, 11) is 0. The van der Waals surface area contributed by atoms with Crippen molar-refractivity contribution in [2.24, 2.45) is 5.41 Å². The Hall–Kier alpha value is -3.00. The molecule has 0 bridgehead atoms. The van der Waals surface area contributed by atoms with E-state index in [2.05, 4.69) is 25.1 Å². The van der Waals surface area contributed by atoms with Gasteiger partial charge in [0.2, 0.25) is 17.7 Å². The molecular formula is C24H31N5O3. The van der Waals surface area contributed by atoms with Crippen molar-refractivity contribution in [3.8, 4) is 0 Å². The molecule has 0 unspecified atom stereocenters. The van der Waals surface area contributed by atoms with Gasteiger partial charge in [0, 0.05) is 44.1 Å². The van der Waals surface area contributed by atoms with Crippen LogP contribution in [0.25, 0.3) is 0 Å². The molecule has 0 spiro atoms. The van der Waals surface area contributed by atoms with Gasteiger partial charge in [0.15, 0.2) is 0 Å². The number of imidazole rings is 1. The van der Waals surface area contributed by atoms with E-state index >= 15 is 0 Å². The number of piperidine rings is 1. The Morgan fingerprint density at radius 1 is 1.22 bits per heavy atom. The van der Waals surface area contributed by atoms with Crippen molar-refractivity contribution in [3.05, 3.63) is 48.0 Å². The van der Waals surface area contributed by atoms with E-state index in [4.69, 9.17) is 0 Å². The van der Waals surface area contributed by atoms with Gasteiger partial charge in [-0.2, -0.15) is 0 Å². The van der Waals surface area contributed by atoms with Crippen LogP contribution in [0.5, 0.6) is 0 Å². The predicted octanol–water partition coefficient (Wildman–Crippen LogP) is 2.45. The summed E-state index contributed by atoms with van der Waals surface area (Å²) in [6.45, 7) is 9.01. The highest BCUT2D eigenvalue weighted by Crippen LogP contribution is 2.36. The van der Waals surface area contributed by atoms with Crippen molar-refractivity contribution >= 4 is 23.4 Å². The van der Waals surface area contributed by atoms with Crippen molar-refractivity contribution in [2.75, 3.05) is 18.4 Å². The quantitative estimate of drug-likeness (QED) is 0.677. The summed E-state index contributed by atoms with van der Waals surface area (Å²) >= 11 is 0. The van der Waals surface area contributed by atoms with Crippen LogP contribution in [0.3, 0.4) is 0 Å². The van der Waals surface area contributed by atoms with Crippen LogP contribution < -0.4 is 10.6 Å². The predicted molar refractivity (Wildman–Crippen MR) is 121 cm³/mol. The number of fused-ring (bicyclic) bond motifs is 1. The SMILES string of the molecule is CC[C@]1(c2ccc(NC(=O)C(C)(C)CN3CCn4ccnc4C3)cc2)CCC(=O)NC1=O. The standard InChI is InChI=1S/C24H31N5O3/c1-4-24(10-9-20(30)27-22(24)32)17-5-7-18(8-6-17)26-21(31)23(2,3)16-28-13-14-29-12-11-25-19(29)15-28/h5-8,11-12H,4,9-10,13-16H2,1-3H3,(H,26,31)(H,27,30,32)/t24-/m1/s1. The first-order chi connectivity index (χ1) is 15.2. The Morgan fingerprint density at radius 2 is 1.97 bits per heavy atom. The Morgan fingerprint density at radius 3 is 2.66 bits per heavy atom. The third-order valence-corrected chi connectivity index (χ3v) is 6.82. The zero-order valence-corrected chi connectivity index (χ0v) is 19.0. The zero-order valence-electron chi connectivity index (χ0n) is 19.0. The van der Waals surface area contributed by atoms with Crippen molar-refractivity contribution < 1.29 is 14.4 Å². The van der Waals surface area contributed by atoms with Gasteiger partial charge < -0.3 is 9.88 Å². The second kappa shape index (κ2) is 8.50. The van der Waals surface area contributed by atoms with E-state index in [1.807, 2.05) is 57.4 Å². The maximum absolute atomic E-state index is 13.0. The van der Waals surface area contributed by atoms with Gasteiger partial charge in [-0.05, 0) is 44.4 Å². The molecular weight excluding hydrogens is 406 g/mol. The summed E-state index contributed by atoms with van der Waals surface area (Å²) in [6.07, 6.45) is 5.26. The number of aromatic nitrogens is 2. The Labute approximate surface area is 188 Å². The molecule has 0 aliphatic carbocycles. The lowest BCUT2D eigenvalue weighted by Crippen LogP contribution is -2.51. The van der Waals surface area contributed by atoms with Gasteiger partial charge in [-0.3, -0.25) is 24.6 Å². The van der Waals surface area contributed by atoms with Crippen LogP contribution >= 0.6 is 0 Å². The molecule has 3 amide bonds. The second-order valence-electron chi connectivity index (χ2n) is 9.48. The lowest BCUT2D eigenvalue weighted by Gasteiger charge is -2.35. The molecule has 0 saturated carbocycles. The molecule has 1 saturated heterocycles. The molecule has 1 atom stereocenters. The lowest BCUT2D eigenvalue weighted by molar-refractivity contribution is -0.138. The number of rotatable bonds is 6. The number of amides is 3. The topological polar surface area (TPSA) is 96.3 Å². The maximum Gasteiger partial charge on any atom is 0.237 e. The minimum absolute atomic E-state index is 0.0506. The van der Waals surface area contributed by atoms with Gasteiger partial charge >= 0.3 is 0 Å². The Kier molecular flexibility index (Phi) is 5.90. The number of nitrogens with zero attached hydrogens (tertiary/aromatic N) is 3. The molecule has 1 fully saturated rings. The first-order valence-corrected chi connectivity index (χ1v) is 11.2. The highest BCUT2D eigenvalue weighted by atomic mass is 16.2. The van der Waals surface area contributed by atoms with Crippen LogP contribution in [-0.4, -0.2) is 45.3 Å².